The molecule has 184 valence electrons. The Morgan fingerprint density at radius 1 is 1.11 bits per heavy atom. The monoisotopic (exact) mass is 481 g/mol. The highest BCUT2D eigenvalue weighted by atomic mass is 16.5. The lowest BCUT2D eigenvalue weighted by Crippen LogP contribution is -2.42. The topological polar surface area (TPSA) is 188 Å². The predicted molar refractivity (Wildman–Crippen MR) is 130 cm³/mol. The van der Waals surface area contributed by atoms with Crippen molar-refractivity contribution in [3.8, 4) is 0 Å². The maximum atomic E-state index is 12.7. The van der Waals surface area contributed by atoms with Crippen molar-refractivity contribution in [2.24, 2.45) is 4.99 Å². The van der Waals surface area contributed by atoms with E-state index in [0.29, 0.717) is 27.8 Å². The molecule has 12 nitrogen and oxygen atoms in total. The molecule has 12 heteroatoms. The average Bonchev–Trinajstić information content (AvgIpc) is 3.24. The number of carbonyl (C=O) groups is 3. The van der Waals surface area contributed by atoms with Gasteiger partial charge in [-0.15, -0.1) is 0 Å². The molecule has 1 unspecified atom stereocenters. The van der Waals surface area contributed by atoms with E-state index in [1.165, 1.54) is 0 Å². The molecule has 0 radical (unpaired) electrons. The zero-order chi connectivity index (χ0) is 25.4. The molecule has 2 heterocycles. The molecule has 0 saturated carbocycles. The third-order valence-corrected chi connectivity index (χ3v) is 4.91. The molecule has 1 amide bonds. The zero-order valence-electron chi connectivity index (χ0n) is 19.4. The highest BCUT2D eigenvalue weighted by molar-refractivity contribution is 6.03. The van der Waals surface area contributed by atoms with E-state index in [1.54, 1.807) is 50.5 Å². The fourth-order valence-corrected chi connectivity index (χ4v) is 3.28. The van der Waals surface area contributed by atoms with E-state index in [4.69, 9.17) is 20.9 Å². The molecule has 0 saturated heterocycles. The van der Waals surface area contributed by atoms with E-state index in [9.17, 15) is 14.4 Å². The molecule has 6 N–H and O–H groups in total. The molecule has 3 rings (SSSR count). The van der Waals surface area contributed by atoms with Crippen molar-refractivity contribution in [2.45, 2.75) is 32.7 Å². The summed E-state index contributed by atoms with van der Waals surface area (Å²) in [6.07, 6.45) is 3.32. The summed E-state index contributed by atoms with van der Waals surface area (Å²) >= 11 is 0. The Kier molecular flexibility index (Phi) is 8.33. The van der Waals surface area contributed by atoms with E-state index < -0.39 is 23.9 Å². The van der Waals surface area contributed by atoms with Gasteiger partial charge in [-0.1, -0.05) is 0 Å². The van der Waals surface area contributed by atoms with Crippen molar-refractivity contribution in [3.05, 3.63) is 41.6 Å². The van der Waals surface area contributed by atoms with Gasteiger partial charge in [0.15, 0.2) is 0 Å². The number of H-pyrrole nitrogens is 1. The van der Waals surface area contributed by atoms with Crippen molar-refractivity contribution in [3.63, 3.8) is 0 Å². The number of hydrogen-bond donors (Lipinski definition) is 4. The number of carbonyl (C=O) groups excluding carboxylic acids is 3. The number of rotatable bonds is 10. The average molecular weight is 482 g/mol. The summed E-state index contributed by atoms with van der Waals surface area (Å²) in [6.45, 7) is 3.74. The summed E-state index contributed by atoms with van der Waals surface area (Å²) in [5.74, 6) is -1.25. The van der Waals surface area contributed by atoms with Gasteiger partial charge in [0.25, 0.3) is 5.91 Å². The molecule has 0 spiro atoms. The van der Waals surface area contributed by atoms with Crippen LogP contribution in [-0.4, -0.2) is 58.3 Å². The predicted octanol–water partition coefficient (Wildman–Crippen LogP) is 1.88. The number of nitrogens with two attached hydrogens (primary N) is 2. The van der Waals surface area contributed by atoms with Gasteiger partial charge in [0.1, 0.15) is 17.5 Å². The van der Waals surface area contributed by atoms with Gasteiger partial charge in [0.2, 0.25) is 5.95 Å². The van der Waals surface area contributed by atoms with Crippen LogP contribution in [0.25, 0.3) is 11.0 Å². The Labute approximate surface area is 201 Å². The van der Waals surface area contributed by atoms with Crippen LogP contribution in [0.2, 0.25) is 0 Å². The van der Waals surface area contributed by atoms with Crippen molar-refractivity contribution < 1.29 is 23.9 Å². The van der Waals surface area contributed by atoms with Crippen LogP contribution in [0.1, 0.15) is 42.6 Å². The Bertz CT molecular complexity index is 1240. The lowest BCUT2D eigenvalue weighted by molar-refractivity contribution is -0.146. The largest absolute Gasteiger partial charge is 0.466 e. The molecule has 0 aliphatic rings. The number of aromatic nitrogens is 3. The van der Waals surface area contributed by atoms with Crippen LogP contribution in [0.3, 0.4) is 0 Å². The lowest BCUT2D eigenvalue weighted by Gasteiger charge is -2.17. The van der Waals surface area contributed by atoms with Gasteiger partial charge in [0, 0.05) is 30.0 Å². The number of nitrogen functional groups attached to an aromatic ring is 2. The van der Waals surface area contributed by atoms with E-state index in [0.717, 1.165) is 0 Å². The molecule has 35 heavy (non-hydrogen) atoms. The smallest absolute Gasteiger partial charge is 0.328 e. The Morgan fingerprint density at radius 2 is 1.83 bits per heavy atom. The number of aliphatic imine (C=N–C) groups is 1. The standard InChI is InChI=1S/C23H27N7O5/c1-3-34-17(31)10-9-16(22(33)35-4-2)28-21(32)13-5-7-15(8-6-13)26-11-14-12-27-20-18(14)19(24)29-23(25)30-20/h5-8,11-12,16H,3-4,9-10H2,1-2H3,(H,28,32)(H5,24,25,27,29,30). The van der Waals surface area contributed by atoms with Gasteiger partial charge in [0.05, 0.1) is 24.3 Å². The first-order chi connectivity index (χ1) is 16.8. The summed E-state index contributed by atoms with van der Waals surface area (Å²) in [7, 11) is 0. The summed E-state index contributed by atoms with van der Waals surface area (Å²) < 4.78 is 9.89. The van der Waals surface area contributed by atoms with Crippen LogP contribution < -0.4 is 16.8 Å². The lowest BCUT2D eigenvalue weighted by atomic mass is 10.1. The van der Waals surface area contributed by atoms with Crippen LogP contribution in [0.5, 0.6) is 0 Å². The van der Waals surface area contributed by atoms with Crippen molar-refractivity contribution >= 4 is 52.5 Å². The molecule has 0 bridgehead atoms. The number of hydrogen-bond acceptors (Lipinski definition) is 10. The minimum absolute atomic E-state index is 0.0266. The molecule has 0 fully saturated rings. The SMILES string of the molecule is CCOC(=O)CCC(NC(=O)c1ccc(N=Cc2c[nH]c3nc(N)nc(N)c23)cc1)C(=O)OCC. The van der Waals surface area contributed by atoms with Gasteiger partial charge < -0.3 is 31.2 Å². The first kappa shape index (κ1) is 25.1. The Hall–Kier alpha value is -4.48. The van der Waals surface area contributed by atoms with Crippen molar-refractivity contribution in [1.82, 2.24) is 20.3 Å². The number of fused-ring (bicyclic) bond motifs is 1. The second-order valence-electron chi connectivity index (χ2n) is 7.36. The van der Waals surface area contributed by atoms with Gasteiger partial charge in [-0.25, -0.2) is 4.79 Å². The van der Waals surface area contributed by atoms with Gasteiger partial charge in [-0.05, 0) is 44.5 Å². The highest BCUT2D eigenvalue weighted by Gasteiger charge is 2.24. The van der Waals surface area contributed by atoms with Crippen LogP contribution >= 0.6 is 0 Å². The fourth-order valence-electron chi connectivity index (χ4n) is 3.28. The Balaban J connectivity index is 1.68. The van der Waals surface area contributed by atoms with E-state index in [1.807, 2.05) is 0 Å². The summed E-state index contributed by atoms with van der Waals surface area (Å²) in [6, 6.07) is 5.46. The number of nitrogens with one attached hydrogen (secondary N) is 2. The molecule has 0 aliphatic heterocycles. The normalized spacial score (nSPS) is 11.9. The Morgan fingerprint density at radius 3 is 2.51 bits per heavy atom. The van der Waals surface area contributed by atoms with Gasteiger partial charge in [-0.2, -0.15) is 9.97 Å². The van der Waals surface area contributed by atoms with Crippen LogP contribution in [-0.2, 0) is 19.1 Å². The maximum absolute atomic E-state index is 12.7. The maximum Gasteiger partial charge on any atom is 0.328 e. The summed E-state index contributed by atoms with van der Waals surface area (Å²) in [5.41, 5.74) is 13.6. The minimum Gasteiger partial charge on any atom is -0.466 e. The zero-order valence-corrected chi connectivity index (χ0v) is 19.4. The first-order valence-corrected chi connectivity index (χ1v) is 11.0. The van der Waals surface area contributed by atoms with Crippen molar-refractivity contribution in [1.29, 1.82) is 0 Å². The third-order valence-electron chi connectivity index (χ3n) is 4.91. The molecule has 3 aromatic rings. The van der Waals surface area contributed by atoms with Crippen LogP contribution in [0, 0.1) is 0 Å². The summed E-state index contributed by atoms with van der Waals surface area (Å²) in [5, 5.41) is 3.22. The second-order valence-corrected chi connectivity index (χ2v) is 7.36. The van der Waals surface area contributed by atoms with E-state index in [2.05, 4.69) is 25.3 Å². The highest BCUT2D eigenvalue weighted by Crippen LogP contribution is 2.22. The summed E-state index contributed by atoms with van der Waals surface area (Å²) in [4.78, 5) is 52.0. The number of benzene rings is 1. The molecule has 0 aliphatic carbocycles. The van der Waals surface area contributed by atoms with Gasteiger partial charge in [-0.3, -0.25) is 14.6 Å². The quantitative estimate of drug-likeness (QED) is 0.247. The third kappa shape index (κ3) is 6.53. The number of ether oxygens (including phenoxy) is 2. The number of nitrogens with zero attached hydrogens (tertiary/aromatic N) is 3. The number of aromatic amines is 1. The van der Waals surface area contributed by atoms with E-state index in [-0.39, 0.29) is 37.8 Å². The van der Waals surface area contributed by atoms with Crippen LogP contribution in [0.15, 0.2) is 35.5 Å². The van der Waals surface area contributed by atoms with E-state index >= 15 is 0 Å². The van der Waals surface area contributed by atoms with Crippen molar-refractivity contribution in [2.75, 3.05) is 24.7 Å². The molecule has 2 aromatic heterocycles. The number of anilines is 2. The second kappa shape index (κ2) is 11.6. The number of esters is 2. The minimum atomic E-state index is -0.979. The van der Waals surface area contributed by atoms with Gasteiger partial charge >= 0.3 is 11.9 Å². The molecule has 1 aromatic carbocycles. The fraction of sp³-hybridized carbons (Fsp3) is 0.304. The van der Waals surface area contributed by atoms with Crippen LogP contribution in [0.4, 0.5) is 17.5 Å². The first-order valence-electron chi connectivity index (χ1n) is 11.0. The molecule has 1 atom stereocenters. The number of amides is 1. The molecular weight excluding hydrogens is 454 g/mol. The molecular formula is C23H27N7O5.